The Bertz CT molecular complexity index is 2680. The normalized spacial score (nSPS) is 23.0. The molecule has 1 spiro atoms. The molecule has 30 nitrogen and oxygen atoms in total. The van der Waals surface area contributed by atoms with E-state index in [2.05, 4.69) is 63.5 Å². The fraction of sp³-hybridized carbons (Fsp3) is 0.683. The van der Waals surface area contributed by atoms with Gasteiger partial charge in [0.05, 0.1) is 19.3 Å². The lowest BCUT2D eigenvalue weighted by Gasteiger charge is -2.31. The summed E-state index contributed by atoms with van der Waals surface area (Å²) >= 11 is 0. The van der Waals surface area contributed by atoms with Gasteiger partial charge in [-0.05, 0) is 88.2 Å². The average Bonchev–Trinajstić information content (AvgIpc) is 1.60. The molecule has 1 saturated heterocycles. The van der Waals surface area contributed by atoms with E-state index >= 15 is 0 Å². The molecule has 90 heavy (non-hydrogen) atoms. The highest BCUT2D eigenvalue weighted by atomic mass is 16.5. The summed E-state index contributed by atoms with van der Waals surface area (Å²) < 4.78 is 5.75. The molecular formula is C60H99N15O15. The van der Waals surface area contributed by atoms with E-state index < -0.39 is 199 Å². The Morgan fingerprint density at radius 3 is 1.62 bits per heavy atom. The minimum absolute atomic E-state index is 0.133. The first-order valence-electron chi connectivity index (χ1n) is 31.0. The zero-order chi connectivity index (χ0) is 67.7. The number of nitrogens with zero attached hydrogens (tertiary/aromatic N) is 1. The third-order valence-electron chi connectivity index (χ3n) is 17.0. The predicted octanol–water partition coefficient (Wildman–Crippen LogP) is -3.49. The first-order chi connectivity index (χ1) is 42.5. The second-order valence-corrected chi connectivity index (χ2v) is 23.7. The molecule has 1 aromatic carbocycles. The van der Waals surface area contributed by atoms with Crippen LogP contribution in [-0.2, 0) is 68.7 Å². The molecule has 0 aromatic heterocycles. The number of carbonyl (C=O) groups is 12. The Balaban J connectivity index is 1.85. The molecule has 1 aliphatic carbocycles. The van der Waals surface area contributed by atoms with Crippen LogP contribution in [-0.4, -0.2) is 186 Å². The van der Waals surface area contributed by atoms with Gasteiger partial charge in [0.1, 0.15) is 66.0 Å². The maximum atomic E-state index is 14.4. The number of aliphatic hydroxyl groups is 2. The highest BCUT2D eigenvalue weighted by Gasteiger charge is 2.61. The van der Waals surface area contributed by atoms with E-state index in [4.69, 9.17) is 21.9 Å². The number of aliphatic imine (C=N–C) groups is 1. The van der Waals surface area contributed by atoms with Crippen molar-refractivity contribution >= 4 is 76.9 Å². The number of esters is 1. The Morgan fingerprint density at radius 1 is 0.644 bits per heavy atom. The van der Waals surface area contributed by atoms with Crippen LogP contribution in [0.25, 0.3) is 0 Å². The molecule has 3 rings (SSSR count). The molecule has 1 saturated carbocycles. The Hall–Kier alpha value is -7.99. The van der Waals surface area contributed by atoms with Gasteiger partial charge < -0.3 is 90.6 Å². The van der Waals surface area contributed by atoms with Crippen molar-refractivity contribution in [3.63, 3.8) is 0 Å². The number of benzene rings is 1. The molecule has 2 fully saturated rings. The quantitative estimate of drug-likeness (QED) is 0.0181. The third kappa shape index (κ3) is 22.2. The largest absolute Gasteiger partial charge is 0.458 e. The molecule has 17 atom stereocenters. The van der Waals surface area contributed by atoms with Gasteiger partial charge in [-0.25, -0.2) is 4.79 Å². The molecule has 0 radical (unpaired) electrons. The van der Waals surface area contributed by atoms with Crippen molar-refractivity contribution < 1.29 is 72.5 Å². The minimum Gasteiger partial charge on any atom is -0.458 e. The summed E-state index contributed by atoms with van der Waals surface area (Å²) in [5.74, 6) is -13.7. The summed E-state index contributed by atoms with van der Waals surface area (Å²) in [6, 6.07) is -4.78. The van der Waals surface area contributed by atoms with Crippen molar-refractivity contribution in [3.8, 4) is 0 Å². The van der Waals surface area contributed by atoms with E-state index in [9.17, 15) is 67.7 Å². The Kier molecular flexibility index (Phi) is 31.0. The van der Waals surface area contributed by atoms with Crippen LogP contribution in [0.5, 0.6) is 0 Å². The minimum atomic E-state index is -1.83. The number of aryl methyl sites for hydroxylation is 1. The Morgan fingerprint density at radius 2 is 1.13 bits per heavy atom. The maximum absolute atomic E-state index is 14.4. The summed E-state index contributed by atoms with van der Waals surface area (Å²) in [5.41, 5.74) is 15.9. The second-order valence-electron chi connectivity index (χ2n) is 23.7. The van der Waals surface area contributed by atoms with Crippen LogP contribution in [0.15, 0.2) is 35.3 Å². The number of likely N-dealkylation sites (N-methyl/N-ethyl adjacent to an activating group) is 1. The zero-order valence-corrected chi connectivity index (χ0v) is 53.7. The molecule has 19 N–H and O–H groups in total. The zero-order valence-electron chi connectivity index (χ0n) is 53.7. The fourth-order valence-electron chi connectivity index (χ4n) is 10.1. The number of ether oxygens (including phenoxy) is 1. The average molecular weight is 1270 g/mol. The molecule has 30 heteroatoms. The van der Waals surface area contributed by atoms with E-state index in [0.717, 1.165) is 5.56 Å². The number of hydrogen-bond donors (Lipinski definition) is 16. The van der Waals surface area contributed by atoms with Gasteiger partial charge in [0.2, 0.25) is 65.0 Å². The predicted molar refractivity (Wildman–Crippen MR) is 331 cm³/mol. The highest BCUT2D eigenvalue weighted by Crippen LogP contribution is 2.46. The van der Waals surface area contributed by atoms with E-state index in [0.29, 0.717) is 25.7 Å². The lowest BCUT2D eigenvalue weighted by Crippen LogP contribution is -2.63. The number of nitrogens with two attached hydrogens (primary N) is 3. The molecule has 2 unspecified atom stereocenters. The van der Waals surface area contributed by atoms with Crippen LogP contribution >= 0.6 is 0 Å². The molecule has 11 amide bonds. The molecular weight excluding hydrogens is 1170 g/mol. The standard InChI is InChI=1S/C60H99N15O15/c1-12-30(5)43(70-49(80)38(64-11)22-21-36-19-17-16-18-20-36)53(84)68-40(28-76)51(82)67-39(23-24-42(61)78)50(81)71-45(32(7)14-3)55(86)72-44(31(6)13-2)54(85)69-41(29-77)52(83)73-47-35(10)90-57(88)46(33(8)15-4)74-58(89)60(27-37(60)25-26-65-59(62)63)75-48(79)34(9)66-56(47)87/h16-20,30-35,37-41,43-47,64,76-77H,12-15,21-29H2,1-11H3,(H2,61,78)(H,66,87)(H,67,82)(H,68,84)(H,69,85)(H,70,80)(H,71,81)(H,72,86)(H,73,83)(H,74,89)(H,75,79)(H4,62,63,65)/t30-,31-,32-,33-,34-,35-,37?,38+,39+,40-,41-,43-,44-,45+,46-,47+,60?/m0/s1. The van der Waals surface area contributed by atoms with Crippen molar-refractivity contribution in [2.24, 2.45) is 51.8 Å². The van der Waals surface area contributed by atoms with E-state index in [1.54, 1.807) is 62.4 Å². The van der Waals surface area contributed by atoms with Crippen molar-refractivity contribution in [1.29, 1.82) is 0 Å². The number of guanidine groups is 1. The van der Waals surface area contributed by atoms with Gasteiger partial charge in [-0.2, -0.15) is 0 Å². The molecule has 1 heterocycles. The number of cyclic esters (lactones) is 1. The van der Waals surface area contributed by atoms with Crippen LogP contribution in [0.1, 0.15) is 133 Å². The van der Waals surface area contributed by atoms with E-state index in [1.807, 2.05) is 30.3 Å². The highest BCUT2D eigenvalue weighted by molar-refractivity contribution is 6.01. The van der Waals surface area contributed by atoms with Gasteiger partial charge in [-0.15, -0.1) is 0 Å². The number of rotatable bonds is 34. The van der Waals surface area contributed by atoms with Crippen molar-refractivity contribution in [3.05, 3.63) is 35.9 Å². The first-order valence-corrected chi connectivity index (χ1v) is 31.0. The van der Waals surface area contributed by atoms with Crippen LogP contribution in [0.3, 0.4) is 0 Å². The Labute approximate surface area is 526 Å². The SMILES string of the molecule is CC[C@H](C)[C@H](NC(=O)[C@@H](CCc1ccccc1)NC)C(=O)N[C@@H](CO)C(=O)N[C@H](CCC(N)=O)C(=O)N[C@@H](C(=O)N[C@H](C(=O)N[C@@H](CO)C(=O)N[C@H]1C(=O)N[C@@H](C)C(=O)NC2(CC2CCN=C(N)N)C(=O)N[C@@H]([C@@H](C)CC)C(=O)O[C@H]1C)[C@@H](C)CC)[C@@H](C)CC. The summed E-state index contributed by atoms with van der Waals surface area (Å²) in [5, 5.41) is 49.7. The lowest BCUT2D eigenvalue weighted by atomic mass is 9.94. The monoisotopic (exact) mass is 1270 g/mol. The summed E-state index contributed by atoms with van der Waals surface area (Å²) in [7, 11) is 1.61. The van der Waals surface area contributed by atoms with Crippen LogP contribution in [0.2, 0.25) is 0 Å². The van der Waals surface area contributed by atoms with Crippen LogP contribution in [0.4, 0.5) is 0 Å². The topological polar surface area (TPSA) is 477 Å². The number of aliphatic hydroxyl groups excluding tert-OH is 2. The van der Waals surface area contributed by atoms with Crippen LogP contribution in [0, 0.1) is 29.6 Å². The molecule has 0 bridgehead atoms. The van der Waals surface area contributed by atoms with Gasteiger partial charge in [-0.3, -0.25) is 57.7 Å². The summed E-state index contributed by atoms with van der Waals surface area (Å²) in [6.45, 7) is 14.3. The van der Waals surface area contributed by atoms with Gasteiger partial charge in [0.15, 0.2) is 5.96 Å². The van der Waals surface area contributed by atoms with E-state index in [-0.39, 0.29) is 38.2 Å². The number of amides is 11. The van der Waals surface area contributed by atoms with Crippen molar-refractivity contribution in [2.75, 3.05) is 26.8 Å². The van der Waals surface area contributed by atoms with Crippen molar-refractivity contribution in [2.45, 2.75) is 206 Å². The van der Waals surface area contributed by atoms with Gasteiger partial charge in [0.25, 0.3) is 0 Å². The second kappa shape index (κ2) is 36.6. The molecule has 1 aromatic rings. The molecule has 2 aliphatic rings. The number of primary amides is 1. The molecule has 504 valence electrons. The van der Waals surface area contributed by atoms with Gasteiger partial charge in [-0.1, -0.05) is 111 Å². The van der Waals surface area contributed by atoms with Gasteiger partial charge >= 0.3 is 5.97 Å². The summed E-state index contributed by atoms with van der Waals surface area (Å²) in [6.07, 6.45) is 0.357. The first kappa shape index (κ1) is 76.3. The smallest absolute Gasteiger partial charge is 0.329 e. The number of carbonyl (C=O) groups excluding carboxylic acids is 12. The summed E-state index contributed by atoms with van der Waals surface area (Å²) in [4.78, 5) is 170. The number of hydrogen-bond acceptors (Lipinski definition) is 17. The van der Waals surface area contributed by atoms with Crippen LogP contribution < -0.4 is 75.7 Å². The third-order valence-corrected chi connectivity index (χ3v) is 17.0. The number of nitrogens with one attached hydrogen (secondary N) is 11. The van der Waals surface area contributed by atoms with Gasteiger partial charge in [0, 0.05) is 13.0 Å². The van der Waals surface area contributed by atoms with E-state index in [1.165, 1.54) is 13.8 Å². The maximum Gasteiger partial charge on any atom is 0.329 e. The fourth-order valence-corrected chi connectivity index (χ4v) is 10.1. The molecule has 1 aliphatic heterocycles. The lowest BCUT2D eigenvalue weighted by molar-refractivity contribution is -0.157. The van der Waals surface area contributed by atoms with Crippen molar-refractivity contribution in [1.82, 2.24) is 58.5 Å².